The number of rotatable bonds is 1. The molecule has 1 aliphatic rings. The van der Waals surface area contributed by atoms with E-state index < -0.39 is 0 Å². The molecule has 17 heavy (non-hydrogen) atoms. The van der Waals surface area contributed by atoms with Crippen molar-refractivity contribution in [3.05, 3.63) is 53.7 Å². The fourth-order valence-electron chi connectivity index (χ4n) is 2.20. The molecule has 3 heteroatoms. The number of pyridine rings is 1. The summed E-state index contributed by atoms with van der Waals surface area (Å²) in [4.78, 5) is 4.38. The minimum Gasteiger partial charge on any atom is -0.379 e. The molecule has 0 aliphatic carbocycles. The maximum absolute atomic E-state index is 4.38. The molecule has 1 atom stereocenters. The largest absolute Gasteiger partial charge is 0.379 e. The Morgan fingerprint density at radius 3 is 2.82 bits per heavy atom. The molecule has 0 saturated heterocycles. The van der Waals surface area contributed by atoms with Gasteiger partial charge < -0.3 is 10.6 Å². The second-order valence-electron chi connectivity index (χ2n) is 4.34. The number of nitrogens with zero attached hydrogens (tertiary/aromatic N) is 1. The first-order valence-corrected chi connectivity index (χ1v) is 5.85. The van der Waals surface area contributed by atoms with Crippen LogP contribution in [-0.4, -0.2) is 11.5 Å². The van der Waals surface area contributed by atoms with Gasteiger partial charge in [-0.2, -0.15) is 0 Å². The van der Waals surface area contributed by atoms with Gasteiger partial charge in [0, 0.05) is 12.7 Å². The molecule has 0 radical (unpaired) electrons. The molecule has 3 nitrogen and oxygen atoms in total. The number of hydrogen-bond acceptors (Lipinski definition) is 3. The van der Waals surface area contributed by atoms with Crippen LogP contribution in [0.5, 0.6) is 0 Å². The van der Waals surface area contributed by atoms with Crippen LogP contribution in [0.2, 0.25) is 0 Å². The van der Waals surface area contributed by atoms with E-state index in [4.69, 9.17) is 0 Å². The van der Waals surface area contributed by atoms with E-state index in [1.807, 2.05) is 18.3 Å². The van der Waals surface area contributed by atoms with Gasteiger partial charge in [0.25, 0.3) is 0 Å². The highest BCUT2D eigenvalue weighted by Crippen LogP contribution is 2.31. The number of benzene rings is 1. The standard InChI is InChI=1S/C14H15N3/c1-10-7-8-15-14-13(10)16-9-12(17-14)11-5-3-2-4-6-11/h2-8,12,16H,9H2,1H3,(H,15,17). The summed E-state index contributed by atoms with van der Waals surface area (Å²) in [5.41, 5.74) is 3.64. The molecule has 3 rings (SSSR count). The molecule has 0 spiro atoms. The Bertz CT molecular complexity index is 522. The molecular weight excluding hydrogens is 210 g/mol. The molecular formula is C14H15N3. The summed E-state index contributed by atoms with van der Waals surface area (Å²) in [5.74, 6) is 0.949. The topological polar surface area (TPSA) is 37.0 Å². The van der Waals surface area contributed by atoms with Gasteiger partial charge in [0.2, 0.25) is 0 Å². The maximum atomic E-state index is 4.38. The van der Waals surface area contributed by atoms with Crippen molar-refractivity contribution < 1.29 is 0 Å². The highest BCUT2D eigenvalue weighted by Gasteiger charge is 2.20. The van der Waals surface area contributed by atoms with E-state index in [1.165, 1.54) is 11.1 Å². The first kappa shape index (κ1) is 10.1. The Labute approximate surface area is 101 Å². The van der Waals surface area contributed by atoms with Crippen molar-refractivity contribution in [2.24, 2.45) is 0 Å². The van der Waals surface area contributed by atoms with Crippen LogP contribution in [0.1, 0.15) is 17.2 Å². The number of hydrogen-bond donors (Lipinski definition) is 2. The first-order valence-electron chi connectivity index (χ1n) is 5.85. The molecule has 86 valence electrons. The second-order valence-corrected chi connectivity index (χ2v) is 4.34. The molecule has 0 fully saturated rings. The maximum Gasteiger partial charge on any atom is 0.150 e. The van der Waals surface area contributed by atoms with Gasteiger partial charge >= 0.3 is 0 Å². The summed E-state index contributed by atoms with van der Waals surface area (Å²) in [6.07, 6.45) is 1.84. The predicted molar refractivity (Wildman–Crippen MR) is 70.3 cm³/mol. The van der Waals surface area contributed by atoms with Gasteiger partial charge in [0.05, 0.1) is 11.7 Å². The van der Waals surface area contributed by atoms with Gasteiger partial charge in [-0.05, 0) is 24.1 Å². The van der Waals surface area contributed by atoms with E-state index >= 15 is 0 Å². The zero-order valence-corrected chi connectivity index (χ0v) is 9.77. The molecule has 0 saturated carbocycles. The molecule has 2 N–H and O–H groups in total. The average molecular weight is 225 g/mol. The Morgan fingerprint density at radius 2 is 2.00 bits per heavy atom. The lowest BCUT2D eigenvalue weighted by Crippen LogP contribution is -2.27. The monoisotopic (exact) mass is 225 g/mol. The summed E-state index contributed by atoms with van der Waals surface area (Å²) in [6.45, 7) is 2.99. The van der Waals surface area contributed by atoms with Gasteiger partial charge in [-0.15, -0.1) is 0 Å². The van der Waals surface area contributed by atoms with Crippen molar-refractivity contribution in [2.45, 2.75) is 13.0 Å². The van der Waals surface area contributed by atoms with Crippen molar-refractivity contribution >= 4 is 11.5 Å². The summed E-state index contributed by atoms with van der Waals surface area (Å²) < 4.78 is 0. The van der Waals surface area contributed by atoms with E-state index in [2.05, 4.69) is 46.8 Å². The molecule has 1 unspecified atom stereocenters. The SMILES string of the molecule is Cc1ccnc2c1NCC(c1ccccc1)N2. The summed E-state index contributed by atoms with van der Waals surface area (Å²) >= 11 is 0. The molecule has 2 aromatic rings. The number of aromatic nitrogens is 1. The van der Waals surface area contributed by atoms with Crippen LogP contribution in [-0.2, 0) is 0 Å². The molecule has 1 aromatic heterocycles. The third kappa shape index (κ3) is 1.84. The zero-order chi connectivity index (χ0) is 11.7. The third-order valence-electron chi connectivity index (χ3n) is 3.16. The summed E-state index contributed by atoms with van der Waals surface area (Å²) in [6, 6.07) is 12.8. The van der Waals surface area contributed by atoms with Gasteiger partial charge in [-0.3, -0.25) is 0 Å². The van der Waals surface area contributed by atoms with Gasteiger partial charge in [0.1, 0.15) is 5.82 Å². The fraction of sp³-hybridized carbons (Fsp3) is 0.214. The van der Waals surface area contributed by atoms with Crippen molar-refractivity contribution in [3.8, 4) is 0 Å². The van der Waals surface area contributed by atoms with Crippen LogP contribution in [0.25, 0.3) is 0 Å². The molecule has 2 heterocycles. The molecule has 0 amide bonds. The van der Waals surface area contributed by atoms with E-state index in [0.29, 0.717) is 0 Å². The Morgan fingerprint density at radius 1 is 1.18 bits per heavy atom. The fourth-order valence-corrected chi connectivity index (χ4v) is 2.20. The Balaban J connectivity index is 1.91. The highest BCUT2D eigenvalue weighted by atomic mass is 15.1. The van der Waals surface area contributed by atoms with E-state index in [-0.39, 0.29) is 6.04 Å². The number of fused-ring (bicyclic) bond motifs is 1. The smallest absolute Gasteiger partial charge is 0.150 e. The average Bonchev–Trinajstić information content (AvgIpc) is 2.40. The minimum atomic E-state index is 0.290. The van der Waals surface area contributed by atoms with Crippen molar-refractivity contribution in [2.75, 3.05) is 17.2 Å². The number of nitrogens with one attached hydrogen (secondary N) is 2. The second kappa shape index (κ2) is 4.09. The quantitative estimate of drug-likeness (QED) is 0.783. The predicted octanol–water partition coefficient (Wildman–Crippen LogP) is 2.97. The first-order chi connectivity index (χ1) is 8.34. The van der Waals surface area contributed by atoms with E-state index in [0.717, 1.165) is 18.1 Å². The number of aryl methyl sites for hydroxylation is 1. The van der Waals surface area contributed by atoms with Crippen LogP contribution in [0, 0.1) is 6.92 Å². The highest BCUT2D eigenvalue weighted by molar-refractivity contribution is 5.71. The number of anilines is 2. The Kier molecular flexibility index (Phi) is 2.44. The molecule has 1 aromatic carbocycles. The molecule has 0 bridgehead atoms. The Hall–Kier alpha value is -2.03. The van der Waals surface area contributed by atoms with Gasteiger partial charge in [0.15, 0.2) is 0 Å². The van der Waals surface area contributed by atoms with Gasteiger partial charge in [-0.25, -0.2) is 4.98 Å². The van der Waals surface area contributed by atoms with Crippen molar-refractivity contribution in [3.63, 3.8) is 0 Å². The van der Waals surface area contributed by atoms with E-state index in [9.17, 15) is 0 Å². The van der Waals surface area contributed by atoms with Crippen LogP contribution >= 0.6 is 0 Å². The van der Waals surface area contributed by atoms with Crippen LogP contribution in [0.4, 0.5) is 11.5 Å². The lowest BCUT2D eigenvalue weighted by atomic mass is 10.0. The lowest BCUT2D eigenvalue weighted by molar-refractivity contribution is 0.792. The summed E-state index contributed by atoms with van der Waals surface area (Å²) in [7, 11) is 0. The normalized spacial score (nSPS) is 17.8. The minimum absolute atomic E-state index is 0.290. The van der Waals surface area contributed by atoms with Gasteiger partial charge in [-0.1, -0.05) is 30.3 Å². The van der Waals surface area contributed by atoms with Crippen molar-refractivity contribution in [1.82, 2.24) is 4.98 Å². The van der Waals surface area contributed by atoms with Crippen molar-refractivity contribution in [1.29, 1.82) is 0 Å². The van der Waals surface area contributed by atoms with Crippen LogP contribution in [0.15, 0.2) is 42.6 Å². The zero-order valence-electron chi connectivity index (χ0n) is 9.77. The third-order valence-corrected chi connectivity index (χ3v) is 3.16. The van der Waals surface area contributed by atoms with E-state index in [1.54, 1.807) is 0 Å². The summed E-state index contributed by atoms with van der Waals surface area (Å²) in [5, 5.41) is 6.93. The lowest BCUT2D eigenvalue weighted by Gasteiger charge is -2.28. The molecule has 1 aliphatic heterocycles. The van der Waals surface area contributed by atoms with Crippen LogP contribution in [0.3, 0.4) is 0 Å². The van der Waals surface area contributed by atoms with Crippen LogP contribution < -0.4 is 10.6 Å².